The molecule has 1 aliphatic carbocycles. The lowest BCUT2D eigenvalue weighted by atomic mass is 9.74. The van der Waals surface area contributed by atoms with Crippen molar-refractivity contribution in [1.82, 2.24) is 15.1 Å². The van der Waals surface area contributed by atoms with Crippen molar-refractivity contribution in [3.63, 3.8) is 0 Å². The molecule has 4 aliphatic heterocycles. The zero-order valence-corrected chi connectivity index (χ0v) is 22.9. The molecule has 9 nitrogen and oxygen atoms in total. The number of fused-ring (bicyclic) bond motifs is 1. The molecule has 9 heteroatoms. The molecule has 1 aromatic rings. The minimum absolute atomic E-state index is 0.118. The monoisotopic (exact) mass is 536 g/mol. The first-order valence-corrected chi connectivity index (χ1v) is 14.6. The number of likely N-dealkylation sites (tertiary alicyclic amines) is 2. The highest BCUT2D eigenvalue weighted by molar-refractivity contribution is 6.02. The van der Waals surface area contributed by atoms with E-state index in [1.165, 1.54) is 6.42 Å². The van der Waals surface area contributed by atoms with Gasteiger partial charge in [0.25, 0.3) is 0 Å². The second-order valence-corrected chi connectivity index (χ2v) is 11.7. The SMILES string of the molecule is CCN1CCCC1CN1C(=O)[C@@H]2C(C(=O)Nc3cccc(OC)c3)[C@@H]3C=CC2(O3)C1C(=O)NC1CCCCC1. The molecule has 3 saturated heterocycles. The number of anilines is 1. The van der Waals surface area contributed by atoms with Crippen molar-refractivity contribution in [2.24, 2.45) is 11.8 Å². The molecular formula is C30H40N4O5. The highest BCUT2D eigenvalue weighted by Crippen LogP contribution is 2.55. The van der Waals surface area contributed by atoms with Crippen molar-refractivity contribution in [3.05, 3.63) is 36.4 Å². The quantitative estimate of drug-likeness (QED) is 0.496. The van der Waals surface area contributed by atoms with Crippen molar-refractivity contribution in [3.8, 4) is 5.75 Å². The van der Waals surface area contributed by atoms with Crippen LogP contribution in [-0.2, 0) is 19.1 Å². The lowest BCUT2D eigenvalue weighted by Gasteiger charge is -2.36. The third kappa shape index (κ3) is 4.53. The van der Waals surface area contributed by atoms with Gasteiger partial charge in [-0.05, 0) is 50.9 Å². The topological polar surface area (TPSA) is 100 Å². The summed E-state index contributed by atoms with van der Waals surface area (Å²) in [6.45, 7) is 4.52. The van der Waals surface area contributed by atoms with Crippen LogP contribution in [0.4, 0.5) is 5.69 Å². The van der Waals surface area contributed by atoms with Crippen LogP contribution in [0, 0.1) is 11.8 Å². The molecule has 0 aromatic heterocycles. The van der Waals surface area contributed by atoms with Gasteiger partial charge in [-0.1, -0.05) is 44.4 Å². The first kappa shape index (κ1) is 26.3. The summed E-state index contributed by atoms with van der Waals surface area (Å²) in [7, 11) is 1.58. The van der Waals surface area contributed by atoms with E-state index in [0.29, 0.717) is 18.0 Å². The van der Waals surface area contributed by atoms with Gasteiger partial charge in [0, 0.05) is 30.4 Å². The van der Waals surface area contributed by atoms with E-state index in [4.69, 9.17) is 9.47 Å². The molecule has 1 saturated carbocycles. The predicted molar refractivity (Wildman–Crippen MR) is 146 cm³/mol. The number of benzene rings is 1. The Kier molecular flexibility index (Phi) is 7.14. The molecule has 0 radical (unpaired) electrons. The van der Waals surface area contributed by atoms with Crippen LogP contribution in [0.1, 0.15) is 51.9 Å². The van der Waals surface area contributed by atoms with Crippen molar-refractivity contribution < 1.29 is 23.9 Å². The fourth-order valence-electron chi connectivity index (χ4n) is 7.66. The Morgan fingerprint density at radius 1 is 1.13 bits per heavy atom. The summed E-state index contributed by atoms with van der Waals surface area (Å²) in [5.74, 6) is -1.40. The van der Waals surface area contributed by atoms with Gasteiger partial charge in [-0.15, -0.1) is 0 Å². The Balaban J connectivity index is 1.30. The van der Waals surface area contributed by atoms with Gasteiger partial charge >= 0.3 is 0 Å². The van der Waals surface area contributed by atoms with E-state index in [1.54, 1.807) is 24.1 Å². The number of methoxy groups -OCH3 is 1. The molecule has 2 N–H and O–H groups in total. The molecule has 2 bridgehead atoms. The summed E-state index contributed by atoms with van der Waals surface area (Å²) in [6.07, 6.45) is 10.6. The Morgan fingerprint density at radius 2 is 1.95 bits per heavy atom. The van der Waals surface area contributed by atoms with Gasteiger partial charge in [0.1, 0.15) is 17.4 Å². The normalized spacial score (nSPS) is 33.9. The Bertz CT molecular complexity index is 1150. The van der Waals surface area contributed by atoms with E-state index in [0.717, 1.165) is 51.6 Å². The first-order chi connectivity index (χ1) is 18.9. The predicted octanol–water partition coefficient (Wildman–Crippen LogP) is 2.72. The molecule has 210 valence electrons. The standard InChI is InChI=1S/C30H40N4O5/c1-3-33-16-8-12-21(33)18-34-26(28(36)31-19-9-5-4-6-10-19)30-15-14-23(39-30)24(25(30)29(34)37)27(35)32-20-11-7-13-22(17-20)38-2/h7,11,13-15,17,19,21,23-26H,3-6,8-10,12,16,18H2,1-2H3,(H,31,36)(H,32,35)/t21?,23-,24?,25-,26?,30?/m0/s1. The van der Waals surface area contributed by atoms with Crippen LogP contribution in [0.15, 0.2) is 36.4 Å². The second kappa shape index (κ2) is 10.6. The summed E-state index contributed by atoms with van der Waals surface area (Å²) < 4.78 is 11.8. The fourth-order valence-corrected chi connectivity index (χ4v) is 7.66. The molecule has 1 spiro atoms. The fraction of sp³-hybridized carbons (Fsp3) is 0.633. The average molecular weight is 537 g/mol. The number of hydrogen-bond acceptors (Lipinski definition) is 6. The molecule has 6 rings (SSSR count). The molecular weight excluding hydrogens is 496 g/mol. The molecule has 5 aliphatic rings. The van der Waals surface area contributed by atoms with Gasteiger partial charge in [-0.2, -0.15) is 0 Å². The van der Waals surface area contributed by atoms with E-state index in [-0.39, 0.29) is 29.8 Å². The van der Waals surface area contributed by atoms with Crippen LogP contribution in [0.3, 0.4) is 0 Å². The maximum atomic E-state index is 14.2. The van der Waals surface area contributed by atoms with Crippen molar-refractivity contribution in [1.29, 1.82) is 0 Å². The highest BCUT2D eigenvalue weighted by Gasteiger charge is 2.73. The molecule has 4 heterocycles. The number of amides is 3. The number of nitrogens with one attached hydrogen (secondary N) is 2. The number of likely N-dealkylation sites (N-methyl/N-ethyl adjacent to an activating group) is 1. The smallest absolute Gasteiger partial charge is 0.246 e. The Morgan fingerprint density at radius 3 is 2.72 bits per heavy atom. The number of rotatable bonds is 8. The first-order valence-electron chi connectivity index (χ1n) is 14.6. The number of nitrogens with zero attached hydrogens (tertiary/aromatic N) is 2. The summed E-state index contributed by atoms with van der Waals surface area (Å²) >= 11 is 0. The molecule has 39 heavy (non-hydrogen) atoms. The number of carbonyl (C=O) groups is 3. The summed E-state index contributed by atoms with van der Waals surface area (Å²) in [5.41, 5.74) is -0.536. The summed E-state index contributed by atoms with van der Waals surface area (Å²) in [5, 5.41) is 6.25. The van der Waals surface area contributed by atoms with E-state index in [2.05, 4.69) is 22.5 Å². The number of hydrogen-bond donors (Lipinski definition) is 2. The Hall–Kier alpha value is -2.91. The van der Waals surface area contributed by atoms with Crippen LogP contribution in [0.2, 0.25) is 0 Å². The van der Waals surface area contributed by atoms with Crippen LogP contribution < -0.4 is 15.4 Å². The molecule has 1 aromatic carbocycles. The van der Waals surface area contributed by atoms with Crippen LogP contribution >= 0.6 is 0 Å². The third-order valence-electron chi connectivity index (χ3n) is 9.53. The summed E-state index contributed by atoms with van der Waals surface area (Å²) in [4.78, 5) is 46.1. The lowest BCUT2D eigenvalue weighted by molar-refractivity contribution is -0.142. The van der Waals surface area contributed by atoms with Crippen LogP contribution in [0.5, 0.6) is 5.75 Å². The van der Waals surface area contributed by atoms with Crippen molar-refractivity contribution >= 4 is 23.4 Å². The number of carbonyl (C=O) groups excluding carboxylic acids is 3. The minimum atomic E-state index is -1.13. The average Bonchev–Trinajstić information content (AvgIpc) is 3.70. The Labute approximate surface area is 230 Å². The van der Waals surface area contributed by atoms with Gasteiger partial charge in [0.2, 0.25) is 17.7 Å². The lowest BCUT2D eigenvalue weighted by Crippen LogP contribution is -2.58. The zero-order valence-electron chi connectivity index (χ0n) is 22.9. The van der Waals surface area contributed by atoms with E-state index >= 15 is 0 Å². The van der Waals surface area contributed by atoms with Crippen LogP contribution in [-0.4, -0.2) is 84.1 Å². The van der Waals surface area contributed by atoms with Crippen molar-refractivity contribution in [2.45, 2.75) is 81.7 Å². The molecule has 3 amide bonds. The van der Waals surface area contributed by atoms with E-state index < -0.39 is 29.6 Å². The largest absolute Gasteiger partial charge is 0.497 e. The highest BCUT2D eigenvalue weighted by atomic mass is 16.5. The van der Waals surface area contributed by atoms with Gasteiger partial charge in [-0.25, -0.2) is 0 Å². The zero-order chi connectivity index (χ0) is 27.1. The van der Waals surface area contributed by atoms with Gasteiger partial charge in [0.15, 0.2) is 0 Å². The van der Waals surface area contributed by atoms with Gasteiger partial charge in [0.05, 0.1) is 25.0 Å². The van der Waals surface area contributed by atoms with E-state index in [9.17, 15) is 14.4 Å². The minimum Gasteiger partial charge on any atom is -0.497 e. The maximum Gasteiger partial charge on any atom is 0.246 e. The number of ether oxygens (including phenoxy) is 2. The van der Waals surface area contributed by atoms with E-state index in [1.807, 2.05) is 24.3 Å². The van der Waals surface area contributed by atoms with Crippen LogP contribution in [0.25, 0.3) is 0 Å². The molecule has 6 atom stereocenters. The molecule has 4 unspecified atom stereocenters. The van der Waals surface area contributed by atoms with Gasteiger partial charge < -0.3 is 25.0 Å². The van der Waals surface area contributed by atoms with Crippen molar-refractivity contribution in [2.75, 3.05) is 32.1 Å². The second-order valence-electron chi connectivity index (χ2n) is 11.7. The molecule has 4 fully saturated rings. The maximum absolute atomic E-state index is 14.2. The summed E-state index contributed by atoms with van der Waals surface area (Å²) in [6, 6.07) is 6.69. The third-order valence-corrected chi connectivity index (χ3v) is 9.53. The van der Waals surface area contributed by atoms with Gasteiger partial charge in [-0.3, -0.25) is 19.3 Å².